The first-order valence-electron chi connectivity index (χ1n) is 9.06. The van der Waals surface area contributed by atoms with E-state index in [1.807, 2.05) is 31.2 Å². The number of para-hydroxylation sites is 1. The van der Waals surface area contributed by atoms with Crippen LogP contribution >= 0.6 is 0 Å². The van der Waals surface area contributed by atoms with Crippen molar-refractivity contribution in [1.82, 2.24) is 10.6 Å². The molecule has 2 rings (SSSR count). The molecule has 7 heteroatoms. The first-order valence-corrected chi connectivity index (χ1v) is 11.0. The predicted octanol–water partition coefficient (Wildman–Crippen LogP) is 2.91. The fourth-order valence-electron chi connectivity index (χ4n) is 2.47. The van der Waals surface area contributed by atoms with Crippen molar-refractivity contribution in [2.45, 2.75) is 24.9 Å². The first-order chi connectivity index (χ1) is 13.4. The molecule has 28 heavy (non-hydrogen) atoms. The second-order valence-electron chi connectivity index (χ2n) is 6.17. The van der Waals surface area contributed by atoms with Crippen molar-refractivity contribution in [2.75, 3.05) is 19.4 Å². The molecule has 0 amide bonds. The second-order valence-corrected chi connectivity index (χ2v) is 8.19. The van der Waals surface area contributed by atoms with Crippen LogP contribution in [0.25, 0.3) is 0 Å². The van der Waals surface area contributed by atoms with Crippen LogP contribution in [0.2, 0.25) is 0 Å². The number of aliphatic imine (C=N–C) groups is 1. The van der Waals surface area contributed by atoms with Gasteiger partial charge in [0.05, 0.1) is 11.4 Å². The molecule has 0 aliphatic rings. The zero-order valence-electron chi connectivity index (χ0n) is 16.3. The van der Waals surface area contributed by atoms with Gasteiger partial charge < -0.3 is 15.4 Å². The lowest BCUT2D eigenvalue weighted by Crippen LogP contribution is -2.36. The van der Waals surface area contributed by atoms with E-state index in [1.54, 1.807) is 30.3 Å². The molecular weight excluding hydrogens is 374 g/mol. The van der Waals surface area contributed by atoms with E-state index < -0.39 is 9.84 Å². The Morgan fingerprint density at radius 2 is 1.86 bits per heavy atom. The van der Waals surface area contributed by atoms with Gasteiger partial charge in [-0.2, -0.15) is 0 Å². The van der Waals surface area contributed by atoms with E-state index in [0.717, 1.165) is 23.4 Å². The summed E-state index contributed by atoms with van der Waals surface area (Å²) in [5.74, 6) is 1.48. The Balaban J connectivity index is 2.04. The molecule has 2 N–H and O–H groups in total. The lowest BCUT2D eigenvalue weighted by atomic mass is 10.2. The average Bonchev–Trinajstić information content (AvgIpc) is 2.68. The van der Waals surface area contributed by atoms with E-state index in [2.05, 4.69) is 22.2 Å². The van der Waals surface area contributed by atoms with Crippen molar-refractivity contribution in [1.29, 1.82) is 0 Å². The van der Waals surface area contributed by atoms with Gasteiger partial charge in [-0.15, -0.1) is 0 Å². The van der Waals surface area contributed by atoms with Crippen LogP contribution in [0.15, 0.2) is 71.1 Å². The molecule has 0 atom stereocenters. The van der Waals surface area contributed by atoms with Gasteiger partial charge in [0.25, 0.3) is 0 Å². The highest BCUT2D eigenvalue weighted by Crippen LogP contribution is 2.17. The summed E-state index contributed by atoms with van der Waals surface area (Å²) in [6.45, 7) is 7.85. The molecule has 0 aromatic heterocycles. The average molecular weight is 402 g/mol. The summed E-state index contributed by atoms with van der Waals surface area (Å²) >= 11 is 0. The molecule has 0 saturated carbocycles. The highest BCUT2D eigenvalue weighted by molar-refractivity contribution is 7.90. The summed E-state index contributed by atoms with van der Waals surface area (Å²) in [5.41, 5.74) is 1.95. The number of ether oxygens (including phenoxy) is 1. The highest BCUT2D eigenvalue weighted by atomic mass is 32.2. The van der Waals surface area contributed by atoms with E-state index >= 15 is 0 Å². The lowest BCUT2D eigenvalue weighted by Gasteiger charge is -2.14. The van der Waals surface area contributed by atoms with Crippen LogP contribution in [0.1, 0.15) is 18.1 Å². The third-order valence-corrected chi connectivity index (χ3v) is 5.02. The molecule has 0 heterocycles. The van der Waals surface area contributed by atoms with E-state index in [-0.39, 0.29) is 0 Å². The molecule has 6 nitrogen and oxygen atoms in total. The van der Waals surface area contributed by atoms with Crippen molar-refractivity contribution < 1.29 is 13.2 Å². The van der Waals surface area contributed by atoms with Gasteiger partial charge in [0, 0.05) is 24.9 Å². The van der Waals surface area contributed by atoms with E-state index in [9.17, 15) is 8.42 Å². The quantitative estimate of drug-likeness (QED) is 0.384. The van der Waals surface area contributed by atoms with Crippen molar-refractivity contribution in [3.63, 3.8) is 0 Å². The molecule has 0 spiro atoms. The minimum absolute atomic E-state index is 0.307. The maximum absolute atomic E-state index is 11.5. The number of rotatable bonds is 9. The Morgan fingerprint density at radius 3 is 2.50 bits per heavy atom. The normalized spacial score (nSPS) is 11.7. The van der Waals surface area contributed by atoms with Crippen molar-refractivity contribution in [3.8, 4) is 5.75 Å². The van der Waals surface area contributed by atoms with Gasteiger partial charge in [-0.1, -0.05) is 43.0 Å². The van der Waals surface area contributed by atoms with Gasteiger partial charge in [-0.3, -0.25) is 0 Å². The van der Waals surface area contributed by atoms with Crippen LogP contribution in [0, 0.1) is 0 Å². The summed E-state index contributed by atoms with van der Waals surface area (Å²) < 4.78 is 28.8. The fraction of sp³-hybridized carbons (Fsp3) is 0.286. The number of nitrogens with zero attached hydrogens (tertiary/aromatic N) is 1. The third-order valence-electron chi connectivity index (χ3n) is 3.89. The van der Waals surface area contributed by atoms with Gasteiger partial charge in [-0.05, 0) is 30.7 Å². The van der Waals surface area contributed by atoms with Crippen molar-refractivity contribution in [2.24, 2.45) is 4.99 Å². The molecule has 0 aliphatic heterocycles. The van der Waals surface area contributed by atoms with Crippen LogP contribution in [-0.2, 0) is 22.9 Å². The number of guanidine groups is 1. The number of hydrogen-bond acceptors (Lipinski definition) is 4. The van der Waals surface area contributed by atoms with E-state index in [0.29, 0.717) is 30.6 Å². The third kappa shape index (κ3) is 6.74. The predicted molar refractivity (Wildman–Crippen MR) is 113 cm³/mol. The Bertz CT molecular complexity index is 907. The van der Waals surface area contributed by atoms with Crippen LogP contribution in [-0.4, -0.2) is 33.8 Å². The van der Waals surface area contributed by atoms with Gasteiger partial charge in [0.15, 0.2) is 15.8 Å². The SMILES string of the molecule is C=CCOc1ccccc1CNC(=NCc1ccc(S(C)(=O)=O)cc1)NCC. The fourth-order valence-corrected chi connectivity index (χ4v) is 3.10. The molecule has 0 aliphatic carbocycles. The standard InChI is InChI=1S/C21H27N3O3S/c1-4-14-27-20-9-7-6-8-18(20)16-24-21(22-5-2)23-15-17-10-12-19(13-11-17)28(3,25)26/h4,6-13H,1,5,14-16H2,2-3H3,(H2,22,23,24). The zero-order chi connectivity index (χ0) is 20.4. The molecular formula is C21H27N3O3S. The largest absolute Gasteiger partial charge is 0.489 e. The number of sulfone groups is 1. The van der Waals surface area contributed by atoms with Gasteiger partial charge in [0.1, 0.15) is 12.4 Å². The van der Waals surface area contributed by atoms with Crippen LogP contribution < -0.4 is 15.4 Å². The number of nitrogens with one attached hydrogen (secondary N) is 2. The molecule has 0 radical (unpaired) electrons. The number of hydrogen-bond donors (Lipinski definition) is 2. The molecule has 0 fully saturated rings. The molecule has 150 valence electrons. The first kappa shape index (κ1) is 21.5. The van der Waals surface area contributed by atoms with Crippen molar-refractivity contribution >= 4 is 15.8 Å². The maximum atomic E-state index is 11.5. The maximum Gasteiger partial charge on any atom is 0.191 e. The molecule has 2 aromatic rings. The van der Waals surface area contributed by atoms with Crippen molar-refractivity contribution in [3.05, 3.63) is 72.3 Å². The monoisotopic (exact) mass is 401 g/mol. The Hall–Kier alpha value is -2.80. The zero-order valence-corrected chi connectivity index (χ0v) is 17.1. The molecule has 0 unspecified atom stereocenters. The highest BCUT2D eigenvalue weighted by Gasteiger charge is 2.07. The second kappa shape index (κ2) is 10.5. The minimum Gasteiger partial charge on any atom is -0.489 e. The van der Waals surface area contributed by atoms with Gasteiger partial charge in [0.2, 0.25) is 0 Å². The summed E-state index contributed by atoms with van der Waals surface area (Å²) in [6, 6.07) is 14.6. The van der Waals surface area contributed by atoms with Crippen LogP contribution in [0.5, 0.6) is 5.75 Å². The van der Waals surface area contributed by atoms with E-state index in [4.69, 9.17) is 4.74 Å². The Morgan fingerprint density at radius 1 is 1.14 bits per heavy atom. The summed E-state index contributed by atoms with van der Waals surface area (Å²) in [5, 5.41) is 6.50. The molecule has 0 saturated heterocycles. The van der Waals surface area contributed by atoms with Gasteiger partial charge >= 0.3 is 0 Å². The van der Waals surface area contributed by atoms with E-state index in [1.165, 1.54) is 6.26 Å². The molecule has 0 bridgehead atoms. The minimum atomic E-state index is -3.19. The summed E-state index contributed by atoms with van der Waals surface area (Å²) in [4.78, 5) is 4.88. The lowest BCUT2D eigenvalue weighted by molar-refractivity contribution is 0.358. The Labute approximate surface area is 167 Å². The Kier molecular flexibility index (Phi) is 8.07. The summed E-state index contributed by atoms with van der Waals surface area (Å²) in [7, 11) is -3.19. The summed E-state index contributed by atoms with van der Waals surface area (Å²) in [6.07, 6.45) is 2.91. The van der Waals surface area contributed by atoms with Gasteiger partial charge in [-0.25, -0.2) is 13.4 Å². The van der Waals surface area contributed by atoms with Crippen LogP contribution in [0.4, 0.5) is 0 Å². The van der Waals surface area contributed by atoms with Crippen LogP contribution in [0.3, 0.4) is 0 Å². The topological polar surface area (TPSA) is 79.8 Å². The smallest absolute Gasteiger partial charge is 0.191 e. The number of benzene rings is 2. The molecule has 2 aromatic carbocycles.